The lowest BCUT2D eigenvalue weighted by atomic mass is 9.96. The minimum Gasteiger partial charge on any atom is -0.322 e. The average molecular weight is 791 g/mol. The quantitative estimate of drug-likeness (QED) is 0.0688. The summed E-state index contributed by atoms with van der Waals surface area (Å²) in [6, 6.07) is 9.15. The Morgan fingerprint density at radius 1 is 0.286 bits per heavy atom. The third-order valence-corrected chi connectivity index (χ3v) is 8.75. The van der Waals surface area contributed by atoms with Crippen LogP contribution in [0.25, 0.3) is 0 Å². The molecule has 0 radical (unpaired) electrons. The van der Waals surface area contributed by atoms with Crippen molar-refractivity contribution in [3.05, 3.63) is 35.4 Å². The maximum absolute atomic E-state index is 6.53. The van der Waals surface area contributed by atoms with Gasteiger partial charge in [-0.25, -0.2) is 0 Å². The third-order valence-electron chi connectivity index (χ3n) is 8.75. The van der Waals surface area contributed by atoms with Gasteiger partial charge < -0.3 is 28.4 Å². The van der Waals surface area contributed by atoms with Gasteiger partial charge in [-0.2, -0.15) is 0 Å². The van der Waals surface area contributed by atoms with E-state index < -0.39 is 11.9 Å². The Morgan fingerprint density at radius 3 is 0.696 bits per heavy atom. The Kier molecular flexibility index (Phi) is 21.9. The molecule has 0 amide bonds. The molecule has 0 aromatic heterocycles. The van der Waals surface area contributed by atoms with Crippen molar-refractivity contribution in [1.82, 2.24) is 0 Å². The highest BCUT2D eigenvalue weighted by atomic mass is 16.9. The summed E-state index contributed by atoms with van der Waals surface area (Å²) < 4.78 is 39.2. The Labute approximate surface area is 348 Å². The van der Waals surface area contributed by atoms with Crippen molar-refractivity contribution in [2.75, 3.05) is 0 Å². The highest BCUT2D eigenvalue weighted by Crippen LogP contribution is 2.38. The highest BCUT2D eigenvalue weighted by Gasteiger charge is 2.45. The van der Waals surface area contributed by atoms with E-state index in [0.29, 0.717) is 0 Å². The second-order valence-electron chi connectivity index (χ2n) is 22.4. The lowest BCUT2D eigenvalue weighted by Gasteiger charge is -2.45. The number of hydrogen-bond donors (Lipinski definition) is 0. The van der Waals surface area contributed by atoms with Crippen LogP contribution in [0.2, 0.25) is 0 Å². The normalized spacial score (nSPS) is 14.2. The first-order valence-electron chi connectivity index (χ1n) is 22.7. The molecule has 0 N–H and O–H groups in total. The van der Waals surface area contributed by atoms with Crippen molar-refractivity contribution in [2.45, 2.75) is 286 Å². The van der Waals surface area contributed by atoms with Crippen LogP contribution in [-0.2, 0) is 41.3 Å². The SMILES string of the molecule is CC(C)(C)OC(CCCCCCCCCc1ccccc1CCCCCCCCCC(OC(C)(C)C)(OC(C)(C)C)OC(C)(C)C)(OC(C)(C)C)OC(C)(C)C. The molecule has 6 nitrogen and oxygen atoms in total. The lowest BCUT2D eigenvalue weighted by molar-refractivity contribution is -0.450. The zero-order valence-corrected chi connectivity index (χ0v) is 40.5. The molecule has 1 aromatic rings. The number of hydrogen-bond acceptors (Lipinski definition) is 6. The predicted octanol–water partition coefficient (Wildman–Crippen LogP) is 15.2. The van der Waals surface area contributed by atoms with Gasteiger partial charge >= 0.3 is 0 Å². The highest BCUT2D eigenvalue weighted by molar-refractivity contribution is 5.27. The van der Waals surface area contributed by atoms with E-state index in [1.165, 1.54) is 77.0 Å². The molecule has 0 aliphatic heterocycles. The van der Waals surface area contributed by atoms with Gasteiger partial charge in [-0.15, -0.1) is 0 Å². The number of unbranched alkanes of at least 4 members (excludes halogenated alkanes) is 12. The molecule has 0 aliphatic rings. The van der Waals surface area contributed by atoms with Crippen molar-refractivity contribution in [2.24, 2.45) is 0 Å². The standard InChI is InChI=1S/C50H94O6/c1-43(2,3)51-49(52-44(4,5)6,53-45(7,8)9)39-33-27-23-19-21-25-29-35-41-37-31-32-38-42(41)36-30-26-22-20-24-28-34-40-50(54-46(10,11)12,55-47(13,14)15)56-48(16,17)18/h31-32,37-38H,19-30,33-36,39-40H2,1-18H3. The molecule has 0 atom stereocenters. The summed E-state index contributed by atoms with van der Waals surface area (Å²) >= 11 is 0. The summed E-state index contributed by atoms with van der Waals surface area (Å²) in [5.74, 6) is -2.11. The van der Waals surface area contributed by atoms with Gasteiger partial charge in [-0.05, 0) is 174 Å². The van der Waals surface area contributed by atoms with Crippen molar-refractivity contribution in [3.8, 4) is 0 Å². The molecular formula is C50H94O6. The van der Waals surface area contributed by atoms with Crippen LogP contribution in [0.15, 0.2) is 24.3 Å². The molecule has 1 rings (SSSR count). The van der Waals surface area contributed by atoms with Crippen molar-refractivity contribution < 1.29 is 28.4 Å². The number of rotatable bonds is 26. The fraction of sp³-hybridized carbons (Fsp3) is 0.880. The van der Waals surface area contributed by atoms with E-state index in [0.717, 1.165) is 38.5 Å². The summed E-state index contributed by atoms with van der Waals surface area (Å²) in [6.45, 7) is 37.4. The van der Waals surface area contributed by atoms with Gasteiger partial charge in [0, 0.05) is 12.8 Å². The molecule has 0 saturated carbocycles. The Hall–Kier alpha value is -1.02. The Morgan fingerprint density at radius 2 is 0.482 bits per heavy atom. The van der Waals surface area contributed by atoms with E-state index in [2.05, 4.69) is 149 Å². The molecule has 0 bridgehead atoms. The third kappa shape index (κ3) is 27.6. The molecule has 0 heterocycles. The van der Waals surface area contributed by atoms with Gasteiger partial charge in [0.2, 0.25) is 0 Å². The molecule has 0 saturated heterocycles. The fourth-order valence-corrected chi connectivity index (χ4v) is 7.36. The first kappa shape index (κ1) is 53.0. The molecule has 0 fully saturated rings. The van der Waals surface area contributed by atoms with E-state index in [4.69, 9.17) is 28.4 Å². The largest absolute Gasteiger partial charge is 0.322 e. The maximum Gasteiger partial charge on any atom is 0.284 e. The lowest BCUT2D eigenvalue weighted by Crippen LogP contribution is -2.52. The number of ether oxygens (including phenoxy) is 6. The summed E-state index contributed by atoms with van der Waals surface area (Å²) in [5, 5.41) is 0. The molecule has 6 heteroatoms. The minimum absolute atomic E-state index is 0.377. The molecule has 330 valence electrons. The average Bonchev–Trinajstić information content (AvgIpc) is 2.94. The van der Waals surface area contributed by atoms with Crippen molar-refractivity contribution in [3.63, 3.8) is 0 Å². The number of aryl methyl sites for hydroxylation is 2. The van der Waals surface area contributed by atoms with Gasteiger partial charge in [0.25, 0.3) is 11.9 Å². The van der Waals surface area contributed by atoms with Crippen molar-refractivity contribution >= 4 is 0 Å². The Bertz CT molecular complexity index is 1000. The van der Waals surface area contributed by atoms with Crippen LogP contribution in [0.5, 0.6) is 0 Å². The summed E-state index contributed by atoms with van der Waals surface area (Å²) in [6.07, 6.45) is 20.9. The van der Waals surface area contributed by atoms with Gasteiger partial charge in [-0.1, -0.05) is 88.5 Å². The zero-order valence-electron chi connectivity index (χ0n) is 40.5. The van der Waals surface area contributed by atoms with Crippen LogP contribution in [0.3, 0.4) is 0 Å². The van der Waals surface area contributed by atoms with E-state index in [1.54, 1.807) is 11.1 Å². The summed E-state index contributed by atoms with van der Waals surface area (Å²) in [5.41, 5.74) is 0.843. The summed E-state index contributed by atoms with van der Waals surface area (Å²) in [4.78, 5) is 0. The van der Waals surface area contributed by atoms with Gasteiger partial charge in [-0.3, -0.25) is 0 Å². The van der Waals surface area contributed by atoms with E-state index in [-0.39, 0.29) is 33.6 Å². The first-order valence-corrected chi connectivity index (χ1v) is 22.7. The van der Waals surface area contributed by atoms with Crippen LogP contribution in [0, 0.1) is 0 Å². The van der Waals surface area contributed by atoms with Crippen molar-refractivity contribution in [1.29, 1.82) is 0 Å². The maximum atomic E-state index is 6.53. The van der Waals surface area contributed by atoms with Crippen LogP contribution in [0.4, 0.5) is 0 Å². The zero-order chi connectivity index (χ0) is 43.0. The first-order chi connectivity index (χ1) is 25.4. The second kappa shape index (κ2) is 23.1. The van der Waals surface area contributed by atoms with Crippen LogP contribution < -0.4 is 0 Å². The Balaban J connectivity index is 2.44. The number of benzene rings is 1. The molecule has 0 spiro atoms. The second-order valence-corrected chi connectivity index (χ2v) is 22.4. The van der Waals surface area contributed by atoms with E-state index in [1.807, 2.05) is 0 Å². The predicted molar refractivity (Wildman–Crippen MR) is 238 cm³/mol. The fourth-order valence-electron chi connectivity index (χ4n) is 7.36. The van der Waals surface area contributed by atoms with Crippen LogP contribution in [-0.4, -0.2) is 45.6 Å². The molecule has 1 aromatic carbocycles. The van der Waals surface area contributed by atoms with Crippen LogP contribution >= 0.6 is 0 Å². The van der Waals surface area contributed by atoms with Crippen LogP contribution in [0.1, 0.15) is 238 Å². The van der Waals surface area contributed by atoms with E-state index >= 15 is 0 Å². The van der Waals surface area contributed by atoms with Gasteiger partial charge in [0.15, 0.2) is 0 Å². The topological polar surface area (TPSA) is 55.4 Å². The van der Waals surface area contributed by atoms with E-state index in [9.17, 15) is 0 Å². The molecule has 56 heavy (non-hydrogen) atoms. The summed E-state index contributed by atoms with van der Waals surface area (Å²) in [7, 11) is 0. The monoisotopic (exact) mass is 791 g/mol. The van der Waals surface area contributed by atoms with Gasteiger partial charge in [0.1, 0.15) is 0 Å². The minimum atomic E-state index is -1.05. The smallest absolute Gasteiger partial charge is 0.284 e. The van der Waals surface area contributed by atoms with Gasteiger partial charge in [0.05, 0.1) is 33.6 Å². The molecule has 0 aliphatic carbocycles. The molecular weight excluding hydrogens is 697 g/mol. The molecule has 0 unspecified atom stereocenters.